The Morgan fingerprint density at radius 1 is 1.29 bits per heavy atom. The van der Waals surface area contributed by atoms with Gasteiger partial charge in [-0.2, -0.15) is 0 Å². The minimum absolute atomic E-state index is 0.199. The smallest absolute Gasteiger partial charge is 0.407 e. The van der Waals surface area contributed by atoms with Gasteiger partial charge in [0.05, 0.1) is 0 Å². The SMILES string of the molecule is Cc1ccc(Br)cc1NC1CC(NC(=O)OC(C)(C)C)C1. The van der Waals surface area contributed by atoms with Crippen LogP contribution in [0.15, 0.2) is 22.7 Å². The van der Waals surface area contributed by atoms with Gasteiger partial charge in [-0.05, 0) is 58.2 Å². The molecule has 1 aromatic rings. The molecule has 1 saturated carbocycles. The largest absolute Gasteiger partial charge is 0.444 e. The van der Waals surface area contributed by atoms with Gasteiger partial charge in [0.2, 0.25) is 0 Å². The molecule has 1 aliphatic rings. The highest BCUT2D eigenvalue weighted by atomic mass is 79.9. The minimum Gasteiger partial charge on any atom is -0.444 e. The van der Waals surface area contributed by atoms with E-state index < -0.39 is 5.60 Å². The van der Waals surface area contributed by atoms with E-state index in [1.807, 2.05) is 26.8 Å². The Labute approximate surface area is 134 Å². The standard InChI is InChI=1S/C16H23BrN2O2/c1-10-5-6-11(17)7-14(10)18-12-8-13(9-12)19-15(20)21-16(2,3)4/h5-7,12-13,18H,8-9H2,1-4H3,(H,19,20). The summed E-state index contributed by atoms with van der Waals surface area (Å²) in [4.78, 5) is 11.7. The first kappa shape index (κ1) is 16.1. The van der Waals surface area contributed by atoms with Gasteiger partial charge in [0, 0.05) is 22.2 Å². The second-order valence-electron chi connectivity index (χ2n) is 6.62. The number of halogens is 1. The van der Waals surface area contributed by atoms with E-state index in [0.29, 0.717) is 6.04 Å². The molecule has 1 fully saturated rings. The van der Waals surface area contributed by atoms with Crippen molar-refractivity contribution in [2.45, 2.75) is 58.2 Å². The van der Waals surface area contributed by atoms with Crippen LogP contribution in [0.25, 0.3) is 0 Å². The summed E-state index contributed by atoms with van der Waals surface area (Å²) in [5.74, 6) is 0. The molecule has 1 aliphatic carbocycles. The Bertz CT molecular complexity index is 519. The summed E-state index contributed by atoms with van der Waals surface area (Å²) >= 11 is 3.49. The van der Waals surface area contributed by atoms with Crippen molar-refractivity contribution in [3.8, 4) is 0 Å². The molecule has 1 amide bonds. The number of alkyl carbamates (subject to hydrolysis) is 1. The second-order valence-corrected chi connectivity index (χ2v) is 7.53. The first-order chi connectivity index (χ1) is 9.73. The molecule has 21 heavy (non-hydrogen) atoms. The number of ether oxygens (including phenoxy) is 1. The van der Waals surface area contributed by atoms with Crippen LogP contribution in [-0.2, 0) is 4.74 Å². The second kappa shape index (κ2) is 6.26. The zero-order chi connectivity index (χ0) is 15.6. The lowest BCUT2D eigenvalue weighted by Crippen LogP contribution is -2.50. The summed E-state index contributed by atoms with van der Waals surface area (Å²) in [5, 5.41) is 6.42. The number of rotatable bonds is 3. The summed E-state index contributed by atoms with van der Waals surface area (Å²) in [5.41, 5.74) is 1.92. The van der Waals surface area contributed by atoms with E-state index in [2.05, 4.69) is 45.6 Å². The van der Waals surface area contributed by atoms with Crippen LogP contribution in [0, 0.1) is 6.92 Å². The molecular weight excluding hydrogens is 332 g/mol. The number of anilines is 1. The van der Waals surface area contributed by atoms with Crippen LogP contribution in [0.2, 0.25) is 0 Å². The third-order valence-corrected chi connectivity index (χ3v) is 3.91. The fraction of sp³-hybridized carbons (Fsp3) is 0.562. The van der Waals surface area contributed by atoms with Crippen LogP contribution < -0.4 is 10.6 Å². The molecule has 0 atom stereocenters. The number of hydrogen-bond acceptors (Lipinski definition) is 3. The van der Waals surface area contributed by atoms with Crippen molar-refractivity contribution in [2.75, 3.05) is 5.32 Å². The van der Waals surface area contributed by atoms with Gasteiger partial charge in [-0.15, -0.1) is 0 Å². The van der Waals surface area contributed by atoms with Crippen molar-refractivity contribution in [1.82, 2.24) is 5.32 Å². The highest BCUT2D eigenvalue weighted by molar-refractivity contribution is 9.10. The average Bonchev–Trinajstić information content (AvgIpc) is 2.28. The van der Waals surface area contributed by atoms with Gasteiger partial charge >= 0.3 is 6.09 Å². The third-order valence-electron chi connectivity index (χ3n) is 3.42. The molecule has 2 rings (SSSR count). The predicted octanol–water partition coefficient (Wildman–Crippen LogP) is 4.23. The molecule has 0 bridgehead atoms. The van der Waals surface area contributed by atoms with Gasteiger partial charge in [0.25, 0.3) is 0 Å². The van der Waals surface area contributed by atoms with E-state index >= 15 is 0 Å². The third kappa shape index (κ3) is 4.92. The zero-order valence-corrected chi connectivity index (χ0v) is 14.6. The summed E-state index contributed by atoms with van der Waals surface area (Å²) in [6.45, 7) is 7.69. The van der Waals surface area contributed by atoms with Gasteiger partial charge in [-0.25, -0.2) is 4.79 Å². The molecule has 0 heterocycles. The number of aryl methyl sites for hydroxylation is 1. The fourth-order valence-corrected chi connectivity index (χ4v) is 2.66. The molecule has 0 spiro atoms. The lowest BCUT2D eigenvalue weighted by Gasteiger charge is -2.37. The first-order valence-corrected chi connectivity index (χ1v) is 8.04. The van der Waals surface area contributed by atoms with Crippen molar-refractivity contribution in [2.24, 2.45) is 0 Å². The zero-order valence-electron chi connectivity index (χ0n) is 13.0. The highest BCUT2D eigenvalue weighted by Gasteiger charge is 2.31. The lowest BCUT2D eigenvalue weighted by atomic mass is 9.86. The number of benzene rings is 1. The van der Waals surface area contributed by atoms with Crippen molar-refractivity contribution >= 4 is 27.7 Å². The minimum atomic E-state index is -0.446. The van der Waals surface area contributed by atoms with E-state index in [4.69, 9.17) is 4.74 Å². The van der Waals surface area contributed by atoms with Crippen LogP contribution >= 0.6 is 15.9 Å². The quantitative estimate of drug-likeness (QED) is 0.853. The average molecular weight is 355 g/mol. The van der Waals surface area contributed by atoms with Gasteiger partial charge in [-0.3, -0.25) is 0 Å². The highest BCUT2D eigenvalue weighted by Crippen LogP contribution is 2.28. The number of carbonyl (C=O) groups excluding carboxylic acids is 1. The van der Waals surface area contributed by atoms with Crippen LogP contribution in [0.5, 0.6) is 0 Å². The molecule has 1 aromatic carbocycles. The Hall–Kier alpha value is -1.23. The summed E-state index contributed by atoms with van der Waals surface area (Å²) < 4.78 is 6.32. The van der Waals surface area contributed by atoms with E-state index in [0.717, 1.165) is 23.0 Å². The van der Waals surface area contributed by atoms with Gasteiger partial charge in [0.15, 0.2) is 0 Å². The molecule has 5 heteroatoms. The van der Waals surface area contributed by atoms with E-state index in [-0.39, 0.29) is 12.1 Å². The monoisotopic (exact) mass is 354 g/mol. The normalized spacial score (nSPS) is 21.4. The maximum absolute atomic E-state index is 11.7. The van der Waals surface area contributed by atoms with Crippen molar-refractivity contribution < 1.29 is 9.53 Å². The molecule has 0 aromatic heterocycles. The number of hydrogen-bond donors (Lipinski definition) is 2. The first-order valence-electron chi connectivity index (χ1n) is 7.25. The Morgan fingerprint density at radius 3 is 2.57 bits per heavy atom. The summed E-state index contributed by atoms with van der Waals surface area (Å²) in [7, 11) is 0. The van der Waals surface area contributed by atoms with Gasteiger partial charge in [0.1, 0.15) is 5.60 Å². The molecular formula is C16H23BrN2O2. The summed E-state index contributed by atoms with van der Waals surface area (Å²) in [6, 6.07) is 6.81. The van der Waals surface area contributed by atoms with Crippen molar-refractivity contribution in [3.63, 3.8) is 0 Å². The van der Waals surface area contributed by atoms with Crippen LogP contribution in [-0.4, -0.2) is 23.8 Å². The molecule has 0 radical (unpaired) electrons. The Balaban J connectivity index is 1.77. The Kier molecular flexibility index (Phi) is 4.81. The van der Waals surface area contributed by atoms with Crippen molar-refractivity contribution in [1.29, 1.82) is 0 Å². The molecule has 4 nitrogen and oxygen atoms in total. The topological polar surface area (TPSA) is 50.4 Å². The molecule has 2 N–H and O–H groups in total. The van der Waals surface area contributed by atoms with Crippen molar-refractivity contribution in [3.05, 3.63) is 28.2 Å². The predicted molar refractivity (Wildman–Crippen MR) is 88.7 cm³/mol. The fourth-order valence-electron chi connectivity index (χ4n) is 2.30. The van der Waals surface area contributed by atoms with Gasteiger partial charge < -0.3 is 15.4 Å². The maximum Gasteiger partial charge on any atom is 0.407 e. The summed E-state index contributed by atoms with van der Waals surface area (Å²) in [6.07, 6.45) is 1.51. The molecule has 0 saturated heterocycles. The number of amides is 1. The number of carbonyl (C=O) groups is 1. The Morgan fingerprint density at radius 2 is 1.95 bits per heavy atom. The maximum atomic E-state index is 11.7. The van der Waals surface area contributed by atoms with Crippen LogP contribution in [0.3, 0.4) is 0 Å². The van der Waals surface area contributed by atoms with E-state index in [9.17, 15) is 4.79 Å². The molecule has 116 valence electrons. The molecule has 0 aliphatic heterocycles. The van der Waals surface area contributed by atoms with E-state index in [1.54, 1.807) is 0 Å². The van der Waals surface area contributed by atoms with Crippen LogP contribution in [0.1, 0.15) is 39.2 Å². The van der Waals surface area contributed by atoms with E-state index in [1.165, 1.54) is 5.56 Å². The lowest BCUT2D eigenvalue weighted by molar-refractivity contribution is 0.0475. The van der Waals surface area contributed by atoms with Crippen LogP contribution in [0.4, 0.5) is 10.5 Å². The molecule has 0 unspecified atom stereocenters. The number of nitrogens with one attached hydrogen (secondary N) is 2. The van der Waals surface area contributed by atoms with Gasteiger partial charge in [-0.1, -0.05) is 22.0 Å².